The van der Waals surface area contributed by atoms with Crippen LogP contribution < -0.4 is 5.32 Å². The van der Waals surface area contributed by atoms with Crippen LogP contribution in [0.25, 0.3) is 0 Å². The number of hydrogen-bond donors (Lipinski definition) is 2. The number of aliphatic hydroxyl groups excluding tert-OH is 1. The number of aliphatic hydroxyl groups is 1. The van der Waals surface area contributed by atoms with E-state index in [1.807, 2.05) is 20.8 Å². The van der Waals surface area contributed by atoms with Gasteiger partial charge in [-0.05, 0) is 63.6 Å². The number of nitrogens with one attached hydrogen (secondary N) is 1. The van der Waals surface area contributed by atoms with E-state index in [4.69, 9.17) is 4.74 Å². The minimum Gasteiger partial charge on any atom is -0.444 e. The molecule has 4 nitrogen and oxygen atoms in total. The lowest BCUT2D eigenvalue weighted by molar-refractivity contribution is 0.0439. The maximum absolute atomic E-state index is 13.1. The lowest BCUT2D eigenvalue weighted by Crippen LogP contribution is -2.44. The zero-order valence-corrected chi connectivity index (χ0v) is 14.1. The molecule has 5 heteroatoms. The monoisotopic (exact) mass is 323 g/mol. The summed E-state index contributed by atoms with van der Waals surface area (Å²) in [4.78, 5) is 11.9. The van der Waals surface area contributed by atoms with E-state index < -0.39 is 17.1 Å². The highest BCUT2D eigenvalue weighted by Crippen LogP contribution is 2.47. The van der Waals surface area contributed by atoms with Crippen LogP contribution in [0.15, 0.2) is 24.3 Å². The Bertz CT molecular complexity index is 534. The number of benzene rings is 1. The standard InChI is InChI=1S/C18H26FNO3/c1-17(2,3)23-16(22)20-11-18(12-21,14-6-7-14)10-13-4-8-15(19)9-5-13/h4-5,8-9,14,21H,6-7,10-12H2,1-3H3,(H,20,22). The lowest BCUT2D eigenvalue weighted by Gasteiger charge is -2.33. The Morgan fingerprint density at radius 2 is 1.91 bits per heavy atom. The topological polar surface area (TPSA) is 58.6 Å². The van der Waals surface area contributed by atoms with Gasteiger partial charge in [-0.2, -0.15) is 0 Å². The number of alkyl carbamates (subject to hydrolysis) is 1. The Hall–Kier alpha value is -1.62. The molecular weight excluding hydrogens is 297 g/mol. The summed E-state index contributed by atoms with van der Waals surface area (Å²) < 4.78 is 18.3. The lowest BCUT2D eigenvalue weighted by atomic mass is 9.77. The van der Waals surface area contributed by atoms with Crippen LogP contribution in [0.5, 0.6) is 0 Å². The van der Waals surface area contributed by atoms with Crippen molar-refractivity contribution >= 4 is 6.09 Å². The Morgan fingerprint density at radius 1 is 1.30 bits per heavy atom. The van der Waals surface area contributed by atoms with Gasteiger partial charge in [0.25, 0.3) is 0 Å². The van der Waals surface area contributed by atoms with E-state index in [1.54, 1.807) is 12.1 Å². The molecule has 2 N–H and O–H groups in total. The summed E-state index contributed by atoms with van der Waals surface area (Å²) in [7, 11) is 0. The molecule has 1 aliphatic carbocycles. The van der Waals surface area contributed by atoms with Crippen molar-refractivity contribution < 1.29 is 19.0 Å². The van der Waals surface area contributed by atoms with E-state index in [9.17, 15) is 14.3 Å². The van der Waals surface area contributed by atoms with Crippen LogP contribution in [-0.4, -0.2) is 30.0 Å². The molecule has 0 saturated heterocycles. The second kappa shape index (κ2) is 6.87. The third-order valence-corrected chi connectivity index (χ3v) is 4.21. The molecule has 1 aromatic carbocycles. The van der Waals surface area contributed by atoms with Crippen LogP contribution in [0.4, 0.5) is 9.18 Å². The normalized spacial score (nSPS) is 17.4. The van der Waals surface area contributed by atoms with E-state index in [0.717, 1.165) is 18.4 Å². The summed E-state index contributed by atoms with van der Waals surface area (Å²) in [5.74, 6) is 0.0918. The van der Waals surface area contributed by atoms with Gasteiger partial charge >= 0.3 is 6.09 Å². The van der Waals surface area contributed by atoms with Crippen molar-refractivity contribution in [3.63, 3.8) is 0 Å². The number of halogens is 1. The number of ether oxygens (including phenoxy) is 1. The fraction of sp³-hybridized carbons (Fsp3) is 0.611. The molecule has 1 amide bonds. The van der Waals surface area contributed by atoms with Gasteiger partial charge in [0.15, 0.2) is 0 Å². The number of carbonyl (C=O) groups is 1. The van der Waals surface area contributed by atoms with Gasteiger partial charge in [-0.15, -0.1) is 0 Å². The predicted octanol–water partition coefficient (Wildman–Crippen LogP) is 3.28. The zero-order chi connectivity index (χ0) is 17.1. The Labute approximate surface area is 137 Å². The highest BCUT2D eigenvalue weighted by atomic mass is 19.1. The summed E-state index contributed by atoms with van der Waals surface area (Å²) >= 11 is 0. The largest absolute Gasteiger partial charge is 0.444 e. The van der Waals surface area contributed by atoms with Gasteiger partial charge in [-0.1, -0.05) is 12.1 Å². The van der Waals surface area contributed by atoms with E-state index in [-0.39, 0.29) is 12.4 Å². The van der Waals surface area contributed by atoms with Crippen LogP contribution in [0, 0.1) is 17.2 Å². The first kappa shape index (κ1) is 17.7. The zero-order valence-electron chi connectivity index (χ0n) is 14.1. The number of carbonyl (C=O) groups excluding carboxylic acids is 1. The maximum Gasteiger partial charge on any atom is 0.407 e. The fourth-order valence-corrected chi connectivity index (χ4v) is 2.86. The molecular formula is C18H26FNO3. The Kier molecular flexibility index (Phi) is 5.30. The molecule has 1 aliphatic rings. The molecule has 1 atom stereocenters. The SMILES string of the molecule is CC(C)(C)OC(=O)NCC(CO)(Cc1ccc(F)cc1)C1CC1. The van der Waals surface area contributed by atoms with Gasteiger partial charge in [-0.25, -0.2) is 9.18 Å². The quantitative estimate of drug-likeness (QED) is 0.844. The van der Waals surface area contributed by atoms with Crippen molar-refractivity contribution in [1.82, 2.24) is 5.32 Å². The molecule has 0 aromatic heterocycles. The Morgan fingerprint density at radius 3 is 2.39 bits per heavy atom. The van der Waals surface area contributed by atoms with Crippen LogP contribution in [-0.2, 0) is 11.2 Å². The van der Waals surface area contributed by atoms with Gasteiger partial charge < -0.3 is 15.2 Å². The van der Waals surface area contributed by atoms with Crippen molar-refractivity contribution in [3.05, 3.63) is 35.6 Å². The van der Waals surface area contributed by atoms with Gasteiger partial charge in [0.2, 0.25) is 0 Å². The molecule has 1 unspecified atom stereocenters. The highest BCUT2D eigenvalue weighted by molar-refractivity contribution is 5.67. The molecule has 0 spiro atoms. The first-order valence-corrected chi connectivity index (χ1v) is 8.06. The molecule has 128 valence electrons. The Balaban J connectivity index is 2.04. The van der Waals surface area contributed by atoms with Crippen molar-refractivity contribution in [1.29, 1.82) is 0 Å². The van der Waals surface area contributed by atoms with E-state index in [2.05, 4.69) is 5.32 Å². The molecule has 2 rings (SSSR count). The molecule has 0 bridgehead atoms. The maximum atomic E-state index is 13.1. The molecule has 23 heavy (non-hydrogen) atoms. The summed E-state index contributed by atoms with van der Waals surface area (Å²) in [6, 6.07) is 6.31. The van der Waals surface area contributed by atoms with Crippen LogP contribution in [0.3, 0.4) is 0 Å². The van der Waals surface area contributed by atoms with Crippen LogP contribution >= 0.6 is 0 Å². The minimum atomic E-state index is -0.553. The summed E-state index contributed by atoms with van der Waals surface area (Å²) in [5.41, 5.74) is -0.0182. The smallest absolute Gasteiger partial charge is 0.407 e. The second-order valence-electron chi connectivity index (χ2n) is 7.45. The van der Waals surface area contributed by atoms with Crippen molar-refractivity contribution in [2.75, 3.05) is 13.2 Å². The summed E-state index contributed by atoms with van der Waals surface area (Å²) in [6.45, 7) is 5.76. The van der Waals surface area contributed by atoms with Gasteiger partial charge in [0.05, 0.1) is 6.61 Å². The van der Waals surface area contributed by atoms with E-state index in [0.29, 0.717) is 18.9 Å². The molecule has 1 aromatic rings. The van der Waals surface area contributed by atoms with Crippen molar-refractivity contribution in [3.8, 4) is 0 Å². The van der Waals surface area contributed by atoms with Crippen molar-refractivity contribution in [2.24, 2.45) is 11.3 Å². The highest BCUT2D eigenvalue weighted by Gasteiger charge is 2.45. The minimum absolute atomic E-state index is 0.0230. The predicted molar refractivity (Wildman–Crippen MR) is 86.6 cm³/mol. The van der Waals surface area contributed by atoms with Crippen LogP contribution in [0.2, 0.25) is 0 Å². The average Bonchev–Trinajstić information content (AvgIpc) is 3.29. The third kappa shape index (κ3) is 5.20. The van der Waals surface area contributed by atoms with Gasteiger partial charge in [0.1, 0.15) is 11.4 Å². The molecule has 0 heterocycles. The number of amides is 1. The number of hydrogen-bond acceptors (Lipinski definition) is 3. The summed E-state index contributed by atoms with van der Waals surface area (Å²) in [6.07, 6.45) is 2.20. The second-order valence-corrected chi connectivity index (χ2v) is 7.45. The molecule has 1 saturated carbocycles. The fourth-order valence-electron chi connectivity index (χ4n) is 2.86. The first-order chi connectivity index (χ1) is 10.7. The average molecular weight is 323 g/mol. The van der Waals surface area contributed by atoms with Gasteiger partial charge in [0, 0.05) is 12.0 Å². The van der Waals surface area contributed by atoms with E-state index >= 15 is 0 Å². The van der Waals surface area contributed by atoms with E-state index in [1.165, 1.54) is 12.1 Å². The molecule has 0 radical (unpaired) electrons. The van der Waals surface area contributed by atoms with Crippen molar-refractivity contribution in [2.45, 2.75) is 45.6 Å². The van der Waals surface area contributed by atoms with Gasteiger partial charge in [-0.3, -0.25) is 0 Å². The summed E-state index contributed by atoms with van der Waals surface area (Å²) in [5, 5.41) is 12.8. The first-order valence-electron chi connectivity index (χ1n) is 8.06. The van der Waals surface area contributed by atoms with Crippen LogP contribution in [0.1, 0.15) is 39.2 Å². The molecule has 0 aliphatic heterocycles. The number of rotatable bonds is 6. The third-order valence-electron chi connectivity index (χ3n) is 4.21. The molecule has 1 fully saturated rings.